The Morgan fingerprint density at radius 1 is 1.41 bits per heavy atom. The van der Waals surface area contributed by atoms with Crippen LogP contribution in [0.1, 0.15) is 22.8 Å². The van der Waals surface area contributed by atoms with Crippen LogP contribution in [-0.2, 0) is 11.0 Å². The first-order chi connectivity index (χ1) is 7.86. The van der Waals surface area contributed by atoms with Gasteiger partial charge in [-0.2, -0.15) is 13.2 Å². The van der Waals surface area contributed by atoms with E-state index in [0.29, 0.717) is 18.2 Å². The summed E-state index contributed by atoms with van der Waals surface area (Å²) in [4.78, 5) is 15.7. The van der Waals surface area contributed by atoms with Gasteiger partial charge in [0, 0.05) is 0 Å². The van der Waals surface area contributed by atoms with Crippen molar-refractivity contribution in [3.8, 4) is 0 Å². The second-order valence-electron chi connectivity index (χ2n) is 3.06. The predicted octanol–water partition coefficient (Wildman–Crippen LogP) is 2.53. The Morgan fingerprint density at radius 2 is 2.06 bits per heavy atom. The van der Waals surface area contributed by atoms with Gasteiger partial charge in [0.25, 0.3) is 5.91 Å². The van der Waals surface area contributed by atoms with Crippen molar-refractivity contribution in [2.45, 2.75) is 13.1 Å². The zero-order chi connectivity index (χ0) is 13.1. The van der Waals surface area contributed by atoms with Gasteiger partial charge in [0.1, 0.15) is 5.82 Å². The molecule has 0 atom stereocenters. The second-order valence-corrected chi connectivity index (χ2v) is 3.06. The summed E-state index contributed by atoms with van der Waals surface area (Å²) < 4.78 is 50.1. The Morgan fingerprint density at radius 3 is 2.59 bits per heavy atom. The van der Waals surface area contributed by atoms with Crippen LogP contribution in [0.3, 0.4) is 0 Å². The monoisotopic (exact) mass is 251 g/mol. The Labute approximate surface area is 94.3 Å². The molecule has 94 valence electrons. The molecule has 1 N–H and O–H groups in total. The fourth-order valence-electron chi connectivity index (χ4n) is 1.07. The maximum Gasteiger partial charge on any atom is 0.416 e. The molecular weight excluding hydrogens is 242 g/mol. The third-order valence-corrected chi connectivity index (χ3v) is 1.85. The van der Waals surface area contributed by atoms with Crippen LogP contribution in [0, 0.1) is 5.82 Å². The first kappa shape index (κ1) is 13.4. The summed E-state index contributed by atoms with van der Waals surface area (Å²) in [5, 5.41) is 0. The van der Waals surface area contributed by atoms with Crippen molar-refractivity contribution >= 4 is 5.91 Å². The zero-order valence-corrected chi connectivity index (χ0v) is 8.77. The predicted molar refractivity (Wildman–Crippen MR) is 50.5 cm³/mol. The van der Waals surface area contributed by atoms with Gasteiger partial charge in [-0.05, 0) is 25.1 Å². The van der Waals surface area contributed by atoms with E-state index in [1.807, 2.05) is 5.48 Å². The van der Waals surface area contributed by atoms with Gasteiger partial charge in [-0.3, -0.25) is 9.63 Å². The van der Waals surface area contributed by atoms with Crippen molar-refractivity contribution in [2.75, 3.05) is 6.61 Å². The highest BCUT2D eigenvalue weighted by molar-refractivity contribution is 5.93. The van der Waals surface area contributed by atoms with E-state index in [-0.39, 0.29) is 6.61 Å². The molecule has 0 saturated carbocycles. The number of carbonyl (C=O) groups excluding carboxylic acids is 1. The first-order valence-electron chi connectivity index (χ1n) is 4.65. The maximum absolute atomic E-state index is 13.2. The molecule has 0 spiro atoms. The van der Waals surface area contributed by atoms with Crippen LogP contribution in [0.15, 0.2) is 18.2 Å². The van der Waals surface area contributed by atoms with E-state index in [2.05, 4.69) is 4.84 Å². The minimum absolute atomic E-state index is 0.117. The Bertz CT molecular complexity index is 417. The molecule has 1 aromatic carbocycles. The molecule has 0 aromatic heterocycles. The fourth-order valence-corrected chi connectivity index (χ4v) is 1.07. The number of amides is 1. The van der Waals surface area contributed by atoms with Crippen molar-refractivity contribution in [1.82, 2.24) is 5.48 Å². The van der Waals surface area contributed by atoms with E-state index in [4.69, 9.17) is 0 Å². The number of carbonyl (C=O) groups is 1. The van der Waals surface area contributed by atoms with Gasteiger partial charge in [-0.1, -0.05) is 0 Å². The molecule has 0 unspecified atom stereocenters. The minimum atomic E-state index is -4.63. The molecule has 0 aliphatic heterocycles. The van der Waals surface area contributed by atoms with E-state index >= 15 is 0 Å². The molecule has 0 bridgehead atoms. The fraction of sp³-hybridized carbons (Fsp3) is 0.300. The van der Waals surface area contributed by atoms with E-state index in [1.54, 1.807) is 6.92 Å². The molecule has 1 aromatic rings. The van der Waals surface area contributed by atoms with Crippen LogP contribution in [0.2, 0.25) is 0 Å². The van der Waals surface area contributed by atoms with Crippen LogP contribution in [0.5, 0.6) is 0 Å². The molecular formula is C10H9F4NO2. The summed E-state index contributed by atoms with van der Waals surface area (Å²) in [7, 11) is 0. The van der Waals surface area contributed by atoms with Crippen molar-refractivity contribution < 1.29 is 27.2 Å². The number of benzene rings is 1. The zero-order valence-electron chi connectivity index (χ0n) is 8.77. The average molecular weight is 251 g/mol. The number of halogens is 4. The molecule has 7 heteroatoms. The largest absolute Gasteiger partial charge is 0.416 e. The molecule has 0 saturated heterocycles. The third-order valence-electron chi connectivity index (χ3n) is 1.85. The number of alkyl halides is 3. The highest BCUT2D eigenvalue weighted by atomic mass is 19.4. The maximum atomic E-state index is 13.2. The summed E-state index contributed by atoms with van der Waals surface area (Å²) in [5.74, 6) is -2.11. The lowest BCUT2D eigenvalue weighted by atomic mass is 10.1. The molecule has 17 heavy (non-hydrogen) atoms. The van der Waals surface area contributed by atoms with Gasteiger partial charge in [-0.25, -0.2) is 9.87 Å². The Kier molecular flexibility index (Phi) is 4.06. The highest BCUT2D eigenvalue weighted by Gasteiger charge is 2.31. The quantitative estimate of drug-likeness (QED) is 0.662. The van der Waals surface area contributed by atoms with Gasteiger partial charge in [0.05, 0.1) is 17.7 Å². The Balaban J connectivity index is 3.02. The number of hydroxylamine groups is 1. The standard InChI is InChI=1S/C10H9F4NO2/c1-2-17-15-9(16)7-5-6(10(12,13)14)3-4-8(7)11/h3-5H,2H2,1H3,(H,15,16). The lowest BCUT2D eigenvalue weighted by molar-refractivity contribution is -0.137. The van der Waals surface area contributed by atoms with E-state index < -0.39 is 29.0 Å². The molecule has 0 heterocycles. The number of hydrogen-bond donors (Lipinski definition) is 1. The molecule has 0 aliphatic rings. The number of hydrogen-bond acceptors (Lipinski definition) is 2. The van der Waals surface area contributed by atoms with Gasteiger partial charge < -0.3 is 0 Å². The van der Waals surface area contributed by atoms with Gasteiger partial charge >= 0.3 is 6.18 Å². The van der Waals surface area contributed by atoms with Gasteiger partial charge in [-0.15, -0.1) is 0 Å². The van der Waals surface area contributed by atoms with Crippen molar-refractivity contribution in [2.24, 2.45) is 0 Å². The summed E-state index contributed by atoms with van der Waals surface area (Å²) in [6, 6.07) is 1.58. The summed E-state index contributed by atoms with van der Waals surface area (Å²) in [6.07, 6.45) is -4.63. The lowest BCUT2D eigenvalue weighted by Gasteiger charge is -2.09. The summed E-state index contributed by atoms with van der Waals surface area (Å²) in [6.45, 7) is 1.68. The second kappa shape index (κ2) is 5.13. The highest BCUT2D eigenvalue weighted by Crippen LogP contribution is 2.30. The normalized spacial score (nSPS) is 11.4. The van der Waals surface area contributed by atoms with Crippen LogP contribution >= 0.6 is 0 Å². The first-order valence-corrected chi connectivity index (χ1v) is 4.65. The minimum Gasteiger partial charge on any atom is -0.274 e. The van der Waals surface area contributed by atoms with Crippen molar-refractivity contribution in [3.05, 3.63) is 35.1 Å². The smallest absolute Gasteiger partial charge is 0.274 e. The summed E-state index contributed by atoms with van der Waals surface area (Å²) >= 11 is 0. The van der Waals surface area contributed by atoms with Crippen LogP contribution in [-0.4, -0.2) is 12.5 Å². The lowest BCUT2D eigenvalue weighted by Crippen LogP contribution is -2.25. The summed E-state index contributed by atoms with van der Waals surface area (Å²) in [5.41, 5.74) is 0.0106. The third kappa shape index (κ3) is 3.42. The van der Waals surface area contributed by atoms with Crippen LogP contribution < -0.4 is 5.48 Å². The number of nitrogens with one attached hydrogen (secondary N) is 1. The average Bonchev–Trinajstić information content (AvgIpc) is 2.24. The van der Waals surface area contributed by atoms with Crippen LogP contribution in [0.25, 0.3) is 0 Å². The molecule has 1 rings (SSSR count). The van der Waals surface area contributed by atoms with E-state index in [1.165, 1.54) is 0 Å². The molecule has 0 radical (unpaired) electrons. The topological polar surface area (TPSA) is 38.3 Å². The molecule has 0 aliphatic carbocycles. The van der Waals surface area contributed by atoms with E-state index in [9.17, 15) is 22.4 Å². The van der Waals surface area contributed by atoms with Gasteiger partial charge in [0.2, 0.25) is 0 Å². The molecule has 0 fully saturated rings. The van der Waals surface area contributed by atoms with Crippen molar-refractivity contribution in [3.63, 3.8) is 0 Å². The molecule has 1 amide bonds. The number of rotatable bonds is 3. The van der Waals surface area contributed by atoms with E-state index in [0.717, 1.165) is 0 Å². The molecule has 3 nitrogen and oxygen atoms in total. The SMILES string of the molecule is CCONC(=O)c1cc(C(F)(F)F)ccc1F. The van der Waals surface area contributed by atoms with Crippen LogP contribution in [0.4, 0.5) is 17.6 Å². The van der Waals surface area contributed by atoms with Crippen molar-refractivity contribution in [1.29, 1.82) is 0 Å². The Hall–Kier alpha value is -1.63. The van der Waals surface area contributed by atoms with Gasteiger partial charge in [0.15, 0.2) is 0 Å².